The number of benzene rings is 1. The fourth-order valence-corrected chi connectivity index (χ4v) is 2.37. The van der Waals surface area contributed by atoms with Gasteiger partial charge in [-0.05, 0) is 44.5 Å². The third-order valence-corrected chi connectivity index (χ3v) is 3.47. The van der Waals surface area contributed by atoms with Gasteiger partial charge in [-0.25, -0.2) is 4.79 Å². The number of hydrogen-bond donors (Lipinski definition) is 4. The van der Waals surface area contributed by atoms with Crippen molar-refractivity contribution in [3.05, 3.63) is 29.8 Å². The zero-order valence-corrected chi connectivity index (χ0v) is 11.5. The summed E-state index contributed by atoms with van der Waals surface area (Å²) >= 11 is 0. The van der Waals surface area contributed by atoms with Crippen LogP contribution in [0.25, 0.3) is 0 Å². The maximum absolute atomic E-state index is 12.2. The Morgan fingerprint density at radius 2 is 2.20 bits per heavy atom. The van der Waals surface area contributed by atoms with E-state index in [1.165, 1.54) is 0 Å². The van der Waals surface area contributed by atoms with Gasteiger partial charge in [0.1, 0.15) is 0 Å². The highest BCUT2D eigenvalue weighted by molar-refractivity contribution is 5.96. The number of carbonyl (C=O) groups is 2. The average Bonchev–Trinajstić information content (AvgIpc) is 2.41. The zero-order valence-electron chi connectivity index (χ0n) is 11.5. The lowest BCUT2D eigenvalue weighted by Crippen LogP contribution is -2.51. The highest BCUT2D eigenvalue weighted by atomic mass is 16.2. The quantitative estimate of drug-likeness (QED) is 0.664. The molecule has 0 radical (unpaired) electrons. The Bertz CT molecular complexity index is 504. The van der Waals surface area contributed by atoms with Gasteiger partial charge in [-0.2, -0.15) is 0 Å². The van der Waals surface area contributed by atoms with Crippen LogP contribution in [0.3, 0.4) is 0 Å². The minimum Gasteiger partial charge on any atom is -0.351 e. The molecule has 1 fully saturated rings. The van der Waals surface area contributed by atoms with E-state index in [4.69, 9.17) is 5.73 Å². The number of piperidine rings is 1. The fourth-order valence-electron chi connectivity index (χ4n) is 2.37. The van der Waals surface area contributed by atoms with Crippen LogP contribution in [0.5, 0.6) is 0 Å². The Morgan fingerprint density at radius 1 is 1.40 bits per heavy atom. The van der Waals surface area contributed by atoms with Gasteiger partial charge in [0.15, 0.2) is 0 Å². The lowest BCUT2D eigenvalue weighted by Gasteiger charge is -2.30. The topological polar surface area (TPSA) is 96.2 Å². The molecule has 5 N–H and O–H groups in total. The van der Waals surface area contributed by atoms with Crippen molar-refractivity contribution in [3.8, 4) is 0 Å². The number of primary amides is 1. The Balaban J connectivity index is 2.03. The highest BCUT2D eigenvalue weighted by Gasteiger charge is 2.22. The molecule has 2 rings (SSSR count). The van der Waals surface area contributed by atoms with Crippen LogP contribution in [0.2, 0.25) is 0 Å². The number of amides is 3. The molecule has 0 saturated carbocycles. The van der Waals surface area contributed by atoms with E-state index < -0.39 is 6.03 Å². The maximum Gasteiger partial charge on any atom is 0.316 e. The van der Waals surface area contributed by atoms with Crippen molar-refractivity contribution in [2.45, 2.75) is 31.8 Å². The van der Waals surface area contributed by atoms with E-state index in [2.05, 4.69) is 22.9 Å². The average molecular weight is 276 g/mol. The molecule has 0 aromatic heterocycles. The molecule has 108 valence electrons. The largest absolute Gasteiger partial charge is 0.351 e. The second-order valence-corrected chi connectivity index (χ2v) is 5.04. The van der Waals surface area contributed by atoms with Crippen LogP contribution >= 0.6 is 0 Å². The number of hydrogen-bond acceptors (Lipinski definition) is 3. The molecule has 6 nitrogen and oxygen atoms in total. The summed E-state index contributed by atoms with van der Waals surface area (Å²) in [5.74, 6) is -0.140. The van der Waals surface area contributed by atoms with Crippen LogP contribution in [0.15, 0.2) is 24.3 Å². The smallest absolute Gasteiger partial charge is 0.316 e. The van der Waals surface area contributed by atoms with Crippen LogP contribution in [-0.2, 0) is 0 Å². The Morgan fingerprint density at radius 3 is 2.90 bits per heavy atom. The summed E-state index contributed by atoms with van der Waals surface area (Å²) in [6.45, 7) is 3.06. The van der Waals surface area contributed by atoms with Gasteiger partial charge in [0.25, 0.3) is 5.91 Å². The van der Waals surface area contributed by atoms with Crippen LogP contribution in [0.4, 0.5) is 10.5 Å². The van der Waals surface area contributed by atoms with Gasteiger partial charge >= 0.3 is 6.03 Å². The van der Waals surface area contributed by atoms with Crippen LogP contribution < -0.4 is 21.7 Å². The van der Waals surface area contributed by atoms with Gasteiger partial charge in [0.2, 0.25) is 0 Å². The first-order valence-electron chi connectivity index (χ1n) is 6.77. The van der Waals surface area contributed by atoms with Gasteiger partial charge < -0.3 is 21.7 Å². The van der Waals surface area contributed by atoms with Crippen molar-refractivity contribution < 1.29 is 9.59 Å². The molecule has 1 aliphatic heterocycles. The summed E-state index contributed by atoms with van der Waals surface area (Å²) in [5, 5.41) is 8.82. The molecule has 0 spiro atoms. The van der Waals surface area contributed by atoms with Crippen molar-refractivity contribution >= 4 is 17.6 Å². The summed E-state index contributed by atoms with van der Waals surface area (Å²) in [7, 11) is 0. The number of carbonyl (C=O) groups excluding carboxylic acids is 2. The molecule has 2 unspecified atom stereocenters. The third kappa shape index (κ3) is 3.71. The minimum atomic E-state index is -0.646. The lowest BCUT2D eigenvalue weighted by molar-refractivity contribution is 0.0920. The molecule has 2 atom stereocenters. The molecule has 3 amide bonds. The first-order chi connectivity index (χ1) is 9.56. The predicted octanol–water partition coefficient (Wildman–Crippen LogP) is 1.05. The molecule has 6 heteroatoms. The zero-order chi connectivity index (χ0) is 14.5. The van der Waals surface area contributed by atoms with Gasteiger partial charge in [0.05, 0.1) is 0 Å². The van der Waals surface area contributed by atoms with E-state index in [9.17, 15) is 9.59 Å². The van der Waals surface area contributed by atoms with Crippen molar-refractivity contribution in [2.24, 2.45) is 5.73 Å². The van der Waals surface area contributed by atoms with E-state index in [1.807, 2.05) is 0 Å². The highest BCUT2D eigenvalue weighted by Crippen LogP contribution is 2.13. The van der Waals surface area contributed by atoms with Crippen molar-refractivity contribution in [1.29, 1.82) is 0 Å². The normalized spacial score (nSPS) is 22.1. The fraction of sp³-hybridized carbons (Fsp3) is 0.429. The van der Waals surface area contributed by atoms with E-state index in [1.54, 1.807) is 24.3 Å². The molecule has 1 aromatic rings. The summed E-state index contributed by atoms with van der Waals surface area (Å²) in [5.41, 5.74) is 6.08. The second-order valence-electron chi connectivity index (χ2n) is 5.04. The van der Waals surface area contributed by atoms with Crippen LogP contribution in [0.1, 0.15) is 30.1 Å². The number of anilines is 1. The molecule has 0 bridgehead atoms. The molecular formula is C14H20N4O2. The van der Waals surface area contributed by atoms with Crippen molar-refractivity contribution in [3.63, 3.8) is 0 Å². The van der Waals surface area contributed by atoms with E-state index >= 15 is 0 Å². The van der Waals surface area contributed by atoms with Crippen LogP contribution in [0, 0.1) is 0 Å². The van der Waals surface area contributed by atoms with Gasteiger partial charge in [-0.15, -0.1) is 0 Å². The molecule has 1 saturated heterocycles. The third-order valence-electron chi connectivity index (χ3n) is 3.47. The molecule has 20 heavy (non-hydrogen) atoms. The summed E-state index contributed by atoms with van der Waals surface area (Å²) in [4.78, 5) is 23.0. The van der Waals surface area contributed by atoms with Gasteiger partial charge in [-0.1, -0.05) is 6.07 Å². The molecule has 1 aromatic carbocycles. The minimum absolute atomic E-state index is 0.129. The van der Waals surface area contributed by atoms with E-state index in [-0.39, 0.29) is 18.0 Å². The number of rotatable bonds is 3. The molecule has 1 heterocycles. The number of nitrogens with one attached hydrogen (secondary N) is 3. The summed E-state index contributed by atoms with van der Waals surface area (Å²) in [6, 6.07) is 6.47. The van der Waals surface area contributed by atoms with Crippen molar-refractivity contribution in [1.82, 2.24) is 10.6 Å². The Hall–Kier alpha value is -2.08. The van der Waals surface area contributed by atoms with Crippen LogP contribution in [-0.4, -0.2) is 30.6 Å². The molecule has 0 aliphatic carbocycles. The van der Waals surface area contributed by atoms with E-state index in [0.29, 0.717) is 11.3 Å². The predicted molar refractivity (Wildman–Crippen MR) is 77.6 cm³/mol. The summed E-state index contributed by atoms with van der Waals surface area (Å²) < 4.78 is 0. The van der Waals surface area contributed by atoms with Gasteiger partial charge in [-0.3, -0.25) is 4.79 Å². The second kappa shape index (κ2) is 6.38. The standard InChI is InChI=1S/C14H20N4O2/c1-9-12(6-3-7-16-9)18-13(19)10-4-2-5-11(8-10)17-14(15)20/h2,4-5,8-9,12,16H,3,6-7H2,1H3,(H,18,19)(H3,15,17,20). The first kappa shape index (κ1) is 14.3. The SMILES string of the molecule is CC1NCCCC1NC(=O)c1cccc(NC(N)=O)c1. The first-order valence-corrected chi connectivity index (χ1v) is 6.77. The Kier molecular flexibility index (Phi) is 4.57. The molecular weight excluding hydrogens is 256 g/mol. The number of urea groups is 1. The van der Waals surface area contributed by atoms with Crippen molar-refractivity contribution in [2.75, 3.05) is 11.9 Å². The number of nitrogens with two attached hydrogens (primary N) is 1. The molecule has 1 aliphatic rings. The van der Waals surface area contributed by atoms with Gasteiger partial charge in [0, 0.05) is 23.3 Å². The summed E-state index contributed by atoms with van der Waals surface area (Å²) in [6.07, 6.45) is 2.03. The lowest BCUT2D eigenvalue weighted by atomic mass is 9.99. The monoisotopic (exact) mass is 276 g/mol. The maximum atomic E-state index is 12.2. The Labute approximate surface area is 118 Å². The van der Waals surface area contributed by atoms with E-state index in [0.717, 1.165) is 19.4 Å².